The molecule has 0 aliphatic carbocycles. The van der Waals surface area contributed by atoms with Gasteiger partial charge in [-0.1, -0.05) is 36.9 Å². The van der Waals surface area contributed by atoms with Gasteiger partial charge in [-0.25, -0.2) is 0 Å². The van der Waals surface area contributed by atoms with Gasteiger partial charge in [0.25, 0.3) is 5.69 Å². The molecule has 3 aromatic rings. The molecule has 2 aromatic carbocycles. The molecule has 0 unspecified atom stereocenters. The Morgan fingerprint density at radius 2 is 1.94 bits per heavy atom. The number of nitro groups is 1. The second-order valence-corrected chi connectivity index (χ2v) is 8.38. The predicted molar refractivity (Wildman–Crippen MR) is 128 cm³/mol. The standard InChI is InChI=1S/C23H27N5O4S/c1-5-17-8-11-19(12-9-17)32-16(4)22-25-26-23(27(22)6-2)33-14-21(29)24-20-13-18(28(30)31)10-7-15(20)3/h7-13,16H,5-6,14H2,1-4H3,(H,24,29)/t16-/m0/s1. The van der Waals surface area contributed by atoms with Gasteiger partial charge in [0.15, 0.2) is 17.1 Å². The molecule has 1 amide bonds. The molecule has 1 atom stereocenters. The largest absolute Gasteiger partial charge is 0.483 e. The first kappa shape index (κ1) is 24.2. The van der Waals surface area contributed by atoms with E-state index in [1.165, 1.54) is 29.5 Å². The number of amides is 1. The van der Waals surface area contributed by atoms with E-state index in [-0.39, 0.29) is 23.5 Å². The minimum absolute atomic E-state index is 0.0720. The molecule has 0 radical (unpaired) electrons. The van der Waals surface area contributed by atoms with E-state index in [0.717, 1.165) is 17.7 Å². The minimum Gasteiger partial charge on any atom is -0.483 e. The molecule has 0 saturated carbocycles. The zero-order chi connectivity index (χ0) is 24.0. The van der Waals surface area contributed by atoms with Gasteiger partial charge < -0.3 is 14.6 Å². The van der Waals surface area contributed by atoms with Gasteiger partial charge in [0.05, 0.1) is 16.4 Å². The number of ether oxygens (including phenoxy) is 1. The van der Waals surface area contributed by atoms with Crippen molar-refractivity contribution >= 4 is 29.0 Å². The fourth-order valence-corrected chi connectivity index (χ4v) is 4.05. The Labute approximate surface area is 196 Å². The molecule has 0 aliphatic rings. The van der Waals surface area contributed by atoms with E-state index in [0.29, 0.717) is 23.2 Å². The van der Waals surface area contributed by atoms with Gasteiger partial charge in [0.2, 0.25) is 5.91 Å². The van der Waals surface area contributed by atoms with Gasteiger partial charge in [-0.3, -0.25) is 14.9 Å². The zero-order valence-corrected chi connectivity index (χ0v) is 19.9. The topological polar surface area (TPSA) is 112 Å². The summed E-state index contributed by atoms with van der Waals surface area (Å²) in [6.45, 7) is 8.40. The van der Waals surface area contributed by atoms with Crippen LogP contribution in [0.25, 0.3) is 0 Å². The molecule has 0 saturated heterocycles. The van der Waals surface area contributed by atoms with Crippen molar-refractivity contribution in [3.05, 3.63) is 69.5 Å². The summed E-state index contributed by atoms with van der Waals surface area (Å²) in [5.74, 6) is 1.24. The van der Waals surface area contributed by atoms with Gasteiger partial charge in [-0.15, -0.1) is 10.2 Å². The van der Waals surface area contributed by atoms with Gasteiger partial charge in [-0.05, 0) is 50.5 Å². The third-order valence-electron chi connectivity index (χ3n) is 5.11. The van der Waals surface area contributed by atoms with Crippen LogP contribution >= 0.6 is 11.8 Å². The first-order valence-electron chi connectivity index (χ1n) is 10.7. The fourth-order valence-electron chi connectivity index (χ4n) is 3.24. The number of aryl methyl sites for hydroxylation is 2. The molecule has 3 rings (SSSR count). The molecule has 9 nitrogen and oxygen atoms in total. The quantitative estimate of drug-likeness (QED) is 0.254. The van der Waals surface area contributed by atoms with Crippen LogP contribution in [0, 0.1) is 17.0 Å². The van der Waals surface area contributed by atoms with Crippen LogP contribution in [-0.2, 0) is 17.8 Å². The molecule has 33 heavy (non-hydrogen) atoms. The SMILES string of the molecule is CCc1ccc(O[C@@H](C)c2nnc(SCC(=O)Nc3cc([N+](=O)[O-])ccc3C)n2CC)cc1. The summed E-state index contributed by atoms with van der Waals surface area (Å²) < 4.78 is 7.96. The molecule has 0 aliphatic heterocycles. The van der Waals surface area contributed by atoms with Crippen LogP contribution in [-0.4, -0.2) is 31.3 Å². The number of non-ortho nitro benzene ring substituents is 1. The normalized spacial score (nSPS) is 11.8. The van der Waals surface area contributed by atoms with Gasteiger partial charge in [0.1, 0.15) is 5.75 Å². The van der Waals surface area contributed by atoms with Crippen molar-refractivity contribution in [2.45, 2.75) is 51.9 Å². The first-order valence-corrected chi connectivity index (χ1v) is 11.7. The predicted octanol–water partition coefficient (Wildman–Crippen LogP) is 4.95. The lowest BCUT2D eigenvalue weighted by Crippen LogP contribution is -2.16. The van der Waals surface area contributed by atoms with Crippen molar-refractivity contribution in [1.29, 1.82) is 0 Å². The van der Waals surface area contributed by atoms with E-state index in [4.69, 9.17) is 4.74 Å². The lowest BCUT2D eigenvalue weighted by molar-refractivity contribution is -0.384. The van der Waals surface area contributed by atoms with E-state index in [1.54, 1.807) is 13.0 Å². The molecule has 10 heteroatoms. The number of carbonyl (C=O) groups excluding carboxylic acids is 1. The van der Waals surface area contributed by atoms with Crippen LogP contribution in [0.5, 0.6) is 5.75 Å². The highest BCUT2D eigenvalue weighted by atomic mass is 32.2. The molecule has 174 valence electrons. The highest BCUT2D eigenvalue weighted by Crippen LogP contribution is 2.26. The second-order valence-electron chi connectivity index (χ2n) is 7.44. The highest BCUT2D eigenvalue weighted by Gasteiger charge is 2.20. The maximum atomic E-state index is 12.5. The van der Waals surface area contributed by atoms with Gasteiger partial charge in [0, 0.05) is 18.7 Å². The summed E-state index contributed by atoms with van der Waals surface area (Å²) in [5.41, 5.74) is 2.33. The molecule has 0 bridgehead atoms. The molecule has 0 spiro atoms. The van der Waals surface area contributed by atoms with Crippen molar-refractivity contribution in [2.24, 2.45) is 0 Å². The Kier molecular flexibility index (Phi) is 8.05. The molecular weight excluding hydrogens is 442 g/mol. The third-order valence-corrected chi connectivity index (χ3v) is 6.07. The third kappa shape index (κ3) is 6.10. The van der Waals surface area contributed by atoms with Crippen molar-refractivity contribution in [2.75, 3.05) is 11.1 Å². The van der Waals surface area contributed by atoms with E-state index in [1.807, 2.05) is 42.7 Å². The molecular formula is C23H27N5O4S. The highest BCUT2D eigenvalue weighted by molar-refractivity contribution is 7.99. The summed E-state index contributed by atoms with van der Waals surface area (Å²) in [4.78, 5) is 23.0. The van der Waals surface area contributed by atoms with E-state index in [9.17, 15) is 14.9 Å². The van der Waals surface area contributed by atoms with Crippen LogP contribution in [0.2, 0.25) is 0 Å². The number of anilines is 1. The Morgan fingerprint density at radius 1 is 1.21 bits per heavy atom. The average molecular weight is 470 g/mol. The Balaban J connectivity index is 1.64. The smallest absolute Gasteiger partial charge is 0.271 e. The van der Waals surface area contributed by atoms with Crippen molar-refractivity contribution in [1.82, 2.24) is 14.8 Å². The van der Waals surface area contributed by atoms with E-state index >= 15 is 0 Å². The van der Waals surface area contributed by atoms with Crippen LogP contribution < -0.4 is 10.1 Å². The average Bonchev–Trinajstić information content (AvgIpc) is 3.22. The first-order chi connectivity index (χ1) is 15.8. The minimum atomic E-state index is -0.490. The fraction of sp³-hybridized carbons (Fsp3) is 0.348. The van der Waals surface area contributed by atoms with Crippen LogP contribution in [0.3, 0.4) is 0 Å². The summed E-state index contributed by atoms with van der Waals surface area (Å²) in [6, 6.07) is 12.3. The lowest BCUT2D eigenvalue weighted by Gasteiger charge is -2.16. The summed E-state index contributed by atoms with van der Waals surface area (Å²) >= 11 is 1.25. The Bertz CT molecular complexity index is 1130. The van der Waals surface area contributed by atoms with Gasteiger partial charge >= 0.3 is 0 Å². The van der Waals surface area contributed by atoms with Crippen LogP contribution in [0.4, 0.5) is 11.4 Å². The summed E-state index contributed by atoms with van der Waals surface area (Å²) in [5, 5.41) is 22.9. The number of nitrogens with one attached hydrogen (secondary N) is 1. The number of thioether (sulfide) groups is 1. The zero-order valence-electron chi connectivity index (χ0n) is 19.1. The molecule has 1 N–H and O–H groups in total. The van der Waals surface area contributed by atoms with Gasteiger partial charge in [-0.2, -0.15) is 0 Å². The number of hydrogen-bond acceptors (Lipinski definition) is 7. The Hall–Kier alpha value is -3.40. The Morgan fingerprint density at radius 3 is 2.58 bits per heavy atom. The monoisotopic (exact) mass is 469 g/mol. The van der Waals surface area contributed by atoms with Crippen LogP contribution in [0.15, 0.2) is 47.6 Å². The lowest BCUT2D eigenvalue weighted by atomic mass is 10.2. The van der Waals surface area contributed by atoms with Crippen molar-refractivity contribution in [3.63, 3.8) is 0 Å². The molecule has 0 fully saturated rings. The van der Waals surface area contributed by atoms with E-state index < -0.39 is 4.92 Å². The summed E-state index contributed by atoms with van der Waals surface area (Å²) in [7, 11) is 0. The second kappa shape index (κ2) is 11.0. The van der Waals surface area contributed by atoms with E-state index in [2.05, 4.69) is 22.4 Å². The maximum absolute atomic E-state index is 12.5. The summed E-state index contributed by atoms with van der Waals surface area (Å²) in [6.07, 6.45) is 0.648. The number of nitrogens with zero attached hydrogens (tertiary/aromatic N) is 4. The van der Waals surface area contributed by atoms with Crippen LogP contribution in [0.1, 0.15) is 43.8 Å². The number of benzene rings is 2. The van der Waals surface area contributed by atoms with Crippen molar-refractivity contribution in [3.8, 4) is 5.75 Å². The number of aromatic nitrogens is 3. The van der Waals surface area contributed by atoms with Crippen molar-refractivity contribution < 1.29 is 14.5 Å². The number of hydrogen-bond donors (Lipinski definition) is 1. The molecule has 1 aromatic heterocycles. The molecule has 1 heterocycles. The number of carbonyl (C=O) groups is 1. The maximum Gasteiger partial charge on any atom is 0.271 e. The number of rotatable bonds is 10. The number of nitro benzene ring substituents is 1.